The average molecular weight is 234 g/mol. The van der Waals surface area contributed by atoms with Gasteiger partial charge in [-0.3, -0.25) is 0 Å². The fourth-order valence-electron chi connectivity index (χ4n) is 2.32. The molecule has 17 heavy (non-hydrogen) atoms. The Labute approximate surface area is 104 Å². The second-order valence-corrected chi connectivity index (χ2v) is 4.96. The molecule has 1 aliphatic heterocycles. The number of hydrogen-bond donors (Lipinski definition) is 1. The van der Waals surface area contributed by atoms with Gasteiger partial charge in [0.25, 0.3) is 0 Å². The third-order valence-corrected chi connectivity index (χ3v) is 3.16. The molecule has 1 fully saturated rings. The molecule has 2 rings (SSSR count). The molecule has 0 amide bonds. The van der Waals surface area contributed by atoms with E-state index in [0.717, 1.165) is 31.6 Å². The summed E-state index contributed by atoms with van der Waals surface area (Å²) in [5, 5.41) is 0. The van der Waals surface area contributed by atoms with Crippen LogP contribution < -0.4 is 10.6 Å². The lowest BCUT2D eigenvalue weighted by Gasteiger charge is -2.34. The van der Waals surface area contributed by atoms with Crippen molar-refractivity contribution in [2.24, 2.45) is 0 Å². The molecule has 0 saturated carbocycles. The van der Waals surface area contributed by atoms with Crippen molar-refractivity contribution >= 4 is 11.4 Å². The average Bonchev–Trinajstić information content (AvgIpc) is 2.30. The molecular weight excluding hydrogens is 212 g/mol. The highest BCUT2D eigenvalue weighted by Gasteiger charge is 2.20. The van der Waals surface area contributed by atoms with Crippen LogP contribution in [0.4, 0.5) is 11.4 Å². The van der Waals surface area contributed by atoms with Crippen molar-refractivity contribution in [1.82, 2.24) is 0 Å². The number of anilines is 2. The van der Waals surface area contributed by atoms with Gasteiger partial charge in [0, 0.05) is 24.5 Å². The molecule has 0 atom stereocenters. The molecule has 1 aliphatic rings. The van der Waals surface area contributed by atoms with Crippen molar-refractivity contribution in [2.75, 3.05) is 23.7 Å². The minimum absolute atomic E-state index is 0.336. The van der Waals surface area contributed by atoms with E-state index < -0.39 is 0 Å². The highest BCUT2D eigenvalue weighted by molar-refractivity contribution is 5.53. The number of nitrogen functional groups attached to an aromatic ring is 1. The lowest BCUT2D eigenvalue weighted by molar-refractivity contribution is -0.00478. The second-order valence-electron chi connectivity index (χ2n) is 4.96. The summed E-state index contributed by atoms with van der Waals surface area (Å²) in [5.41, 5.74) is 7.79. The van der Waals surface area contributed by atoms with Gasteiger partial charge in [0.05, 0.1) is 12.2 Å². The molecule has 1 aromatic rings. The molecule has 2 N–H and O–H groups in total. The van der Waals surface area contributed by atoms with Crippen LogP contribution in [-0.2, 0) is 4.74 Å². The van der Waals surface area contributed by atoms with Gasteiger partial charge in [0.2, 0.25) is 0 Å². The van der Waals surface area contributed by atoms with E-state index in [9.17, 15) is 0 Å². The van der Waals surface area contributed by atoms with Gasteiger partial charge >= 0.3 is 0 Å². The van der Waals surface area contributed by atoms with Crippen LogP contribution >= 0.6 is 0 Å². The molecule has 0 aliphatic carbocycles. The van der Waals surface area contributed by atoms with E-state index in [2.05, 4.69) is 30.9 Å². The third-order valence-electron chi connectivity index (χ3n) is 3.16. The molecule has 0 bridgehead atoms. The van der Waals surface area contributed by atoms with E-state index in [1.54, 1.807) is 0 Å². The van der Waals surface area contributed by atoms with Gasteiger partial charge in [-0.25, -0.2) is 0 Å². The highest BCUT2D eigenvalue weighted by atomic mass is 16.5. The molecule has 0 spiro atoms. The van der Waals surface area contributed by atoms with E-state index in [4.69, 9.17) is 10.5 Å². The molecule has 0 aromatic heterocycles. The van der Waals surface area contributed by atoms with E-state index in [1.165, 1.54) is 5.69 Å². The van der Waals surface area contributed by atoms with Crippen LogP contribution in [0.2, 0.25) is 0 Å². The maximum atomic E-state index is 5.85. The van der Waals surface area contributed by atoms with E-state index in [-0.39, 0.29) is 0 Å². The molecule has 0 radical (unpaired) electrons. The van der Waals surface area contributed by atoms with Crippen LogP contribution in [0.15, 0.2) is 24.3 Å². The van der Waals surface area contributed by atoms with Gasteiger partial charge in [0.1, 0.15) is 0 Å². The minimum Gasteiger partial charge on any atom is -0.399 e. The minimum atomic E-state index is 0.336. The van der Waals surface area contributed by atoms with Crippen LogP contribution in [0.5, 0.6) is 0 Å². The first-order valence-electron chi connectivity index (χ1n) is 6.41. The van der Waals surface area contributed by atoms with Crippen molar-refractivity contribution < 1.29 is 4.74 Å². The van der Waals surface area contributed by atoms with Crippen LogP contribution in [0.3, 0.4) is 0 Å². The zero-order valence-electron chi connectivity index (χ0n) is 10.7. The van der Waals surface area contributed by atoms with Gasteiger partial charge in [-0.2, -0.15) is 0 Å². The van der Waals surface area contributed by atoms with E-state index >= 15 is 0 Å². The number of rotatable bonds is 3. The number of nitrogens with zero attached hydrogens (tertiary/aromatic N) is 1. The van der Waals surface area contributed by atoms with Crippen molar-refractivity contribution in [2.45, 2.75) is 38.9 Å². The Morgan fingerprint density at radius 2 is 1.76 bits per heavy atom. The number of nitrogens with two attached hydrogens (primary N) is 1. The first-order chi connectivity index (χ1) is 8.15. The van der Waals surface area contributed by atoms with Crippen LogP contribution in [0.1, 0.15) is 26.7 Å². The van der Waals surface area contributed by atoms with Gasteiger partial charge in [-0.15, -0.1) is 0 Å². The van der Waals surface area contributed by atoms with Crippen LogP contribution in [0.25, 0.3) is 0 Å². The zero-order chi connectivity index (χ0) is 12.3. The summed E-state index contributed by atoms with van der Waals surface area (Å²) in [6, 6.07) is 8.12. The quantitative estimate of drug-likeness (QED) is 0.817. The van der Waals surface area contributed by atoms with Crippen LogP contribution in [-0.4, -0.2) is 25.3 Å². The van der Waals surface area contributed by atoms with Crippen molar-refractivity contribution in [3.63, 3.8) is 0 Å². The molecule has 3 heteroatoms. The summed E-state index contributed by atoms with van der Waals surface area (Å²) in [6.07, 6.45) is 2.99. The fourth-order valence-corrected chi connectivity index (χ4v) is 2.32. The molecule has 94 valence electrons. The monoisotopic (exact) mass is 234 g/mol. The van der Waals surface area contributed by atoms with Gasteiger partial charge < -0.3 is 15.4 Å². The molecule has 1 aromatic carbocycles. The van der Waals surface area contributed by atoms with Gasteiger partial charge in [-0.05, 0) is 51.0 Å². The largest absolute Gasteiger partial charge is 0.399 e. The van der Waals surface area contributed by atoms with Crippen molar-refractivity contribution in [3.8, 4) is 0 Å². The lowest BCUT2D eigenvalue weighted by Crippen LogP contribution is -2.37. The summed E-state index contributed by atoms with van der Waals surface area (Å²) in [6.45, 7) is 6.35. The van der Waals surface area contributed by atoms with E-state index in [0.29, 0.717) is 12.2 Å². The van der Waals surface area contributed by atoms with E-state index in [1.807, 2.05) is 12.1 Å². The SMILES string of the molecule is CC(C)OC1CCN(c2ccc(N)cc2)CC1. The van der Waals surface area contributed by atoms with Crippen molar-refractivity contribution in [1.29, 1.82) is 0 Å². The number of ether oxygens (including phenoxy) is 1. The molecular formula is C14H22N2O. The topological polar surface area (TPSA) is 38.5 Å². The fraction of sp³-hybridized carbons (Fsp3) is 0.571. The maximum Gasteiger partial charge on any atom is 0.0612 e. The summed E-state index contributed by atoms with van der Waals surface area (Å²) in [4.78, 5) is 2.40. The predicted molar refractivity (Wildman–Crippen MR) is 72.3 cm³/mol. The second kappa shape index (κ2) is 5.41. The predicted octanol–water partition coefficient (Wildman–Crippen LogP) is 2.66. The Hall–Kier alpha value is -1.22. The normalized spacial score (nSPS) is 17.7. The smallest absolute Gasteiger partial charge is 0.0612 e. The Morgan fingerprint density at radius 3 is 2.29 bits per heavy atom. The Morgan fingerprint density at radius 1 is 1.18 bits per heavy atom. The first-order valence-corrected chi connectivity index (χ1v) is 6.41. The summed E-state index contributed by atoms with van der Waals surface area (Å²) >= 11 is 0. The highest BCUT2D eigenvalue weighted by Crippen LogP contribution is 2.22. The Kier molecular flexibility index (Phi) is 3.89. The van der Waals surface area contributed by atoms with Gasteiger partial charge in [-0.1, -0.05) is 0 Å². The molecule has 0 unspecified atom stereocenters. The standard InChI is InChI=1S/C14H22N2O/c1-11(2)17-14-7-9-16(10-8-14)13-5-3-12(15)4-6-13/h3-6,11,14H,7-10,15H2,1-2H3. The maximum absolute atomic E-state index is 5.85. The Bertz CT molecular complexity index is 340. The summed E-state index contributed by atoms with van der Waals surface area (Å²) in [7, 11) is 0. The third kappa shape index (κ3) is 3.37. The zero-order valence-corrected chi connectivity index (χ0v) is 10.7. The number of piperidine rings is 1. The molecule has 3 nitrogen and oxygen atoms in total. The first kappa shape index (κ1) is 12.2. The Balaban J connectivity index is 1.88. The van der Waals surface area contributed by atoms with Gasteiger partial charge in [0.15, 0.2) is 0 Å². The van der Waals surface area contributed by atoms with Crippen molar-refractivity contribution in [3.05, 3.63) is 24.3 Å². The number of benzene rings is 1. The number of hydrogen-bond acceptors (Lipinski definition) is 3. The van der Waals surface area contributed by atoms with Crippen LogP contribution in [0, 0.1) is 0 Å². The summed E-state index contributed by atoms with van der Waals surface area (Å²) < 4.78 is 5.85. The summed E-state index contributed by atoms with van der Waals surface area (Å²) in [5.74, 6) is 0. The molecule has 1 heterocycles. The molecule has 1 saturated heterocycles. The lowest BCUT2D eigenvalue weighted by atomic mass is 10.1.